The van der Waals surface area contributed by atoms with Gasteiger partial charge in [-0.3, -0.25) is 9.89 Å². The Morgan fingerprint density at radius 3 is 2.72 bits per heavy atom. The zero-order valence-electron chi connectivity index (χ0n) is 15.2. The van der Waals surface area contributed by atoms with Crippen LogP contribution in [-0.4, -0.2) is 26.1 Å². The number of aromatic amines is 2. The van der Waals surface area contributed by atoms with Crippen LogP contribution in [0.3, 0.4) is 0 Å². The summed E-state index contributed by atoms with van der Waals surface area (Å²) in [5.41, 5.74) is 4.01. The number of H-pyrrole nitrogens is 2. The molecule has 0 saturated carbocycles. The van der Waals surface area contributed by atoms with Gasteiger partial charge in [0.2, 0.25) is 0 Å². The van der Waals surface area contributed by atoms with E-state index in [0.717, 1.165) is 22.1 Å². The molecule has 0 radical (unpaired) electrons. The summed E-state index contributed by atoms with van der Waals surface area (Å²) in [5, 5.41) is 11.1. The standard InChI is InChI=1S/C22H16FN5O/c23-16-7-3-1-5-14(16)12-24-22(29)13-9-10-18-19(11-13)26-21(25-18)20-15-6-2-4-8-17(15)27-28-20/h1-11H,12H2,(H,24,29)(H,25,26)(H,27,28). The van der Waals surface area contributed by atoms with Crippen LogP contribution in [0.2, 0.25) is 0 Å². The minimum absolute atomic E-state index is 0.120. The Morgan fingerprint density at radius 2 is 1.83 bits per heavy atom. The number of aromatic nitrogens is 4. The van der Waals surface area contributed by atoms with Crippen LogP contribution in [0, 0.1) is 5.82 Å². The van der Waals surface area contributed by atoms with Gasteiger partial charge in [0, 0.05) is 23.1 Å². The SMILES string of the molecule is O=C(NCc1ccccc1F)c1ccc2[nH]c(-c3n[nH]c4ccccc34)nc2c1. The molecule has 0 spiro atoms. The Balaban J connectivity index is 1.42. The smallest absolute Gasteiger partial charge is 0.251 e. The number of hydrogen-bond acceptors (Lipinski definition) is 3. The topological polar surface area (TPSA) is 86.5 Å². The van der Waals surface area contributed by atoms with E-state index >= 15 is 0 Å². The highest BCUT2D eigenvalue weighted by Crippen LogP contribution is 2.26. The summed E-state index contributed by atoms with van der Waals surface area (Å²) >= 11 is 0. The van der Waals surface area contributed by atoms with E-state index in [2.05, 4.69) is 25.5 Å². The number of hydrogen-bond donors (Lipinski definition) is 3. The van der Waals surface area contributed by atoms with Crippen molar-refractivity contribution in [3.05, 3.63) is 83.7 Å². The second-order valence-electron chi connectivity index (χ2n) is 6.71. The van der Waals surface area contributed by atoms with Gasteiger partial charge in [0.25, 0.3) is 5.91 Å². The van der Waals surface area contributed by atoms with Gasteiger partial charge in [-0.2, -0.15) is 5.10 Å². The molecule has 0 atom stereocenters. The van der Waals surface area contributed by atoms with Gasteiger partial charge in [-0.25, -0.2) is 9.37 Å². The van der Waals surface area contributed by atoms with Gasteiger partial charge in [-0.15, -0.1) is 0 Å². The first-order chi connectivity index (χ1) is 14.2. The van der Waals surface area contributed by atoms with Crippen molar-refractivity contribution in [2.75, 3.05) is 0 Å². The summed E-state index contributed by atoms with van der Waals surface area (Å²) in [6.45, 7) is 0.120. The number of carbonyl (C=O) groups excluding carboxylic acids is 1. The number of para-hydroxylation sites is 1. The number of nitrogens with one attached hydrogen (secondary N) is 3. The quantitative estimate of drug-likeness (QED) is 0.434. The maximum absolute atomic E-state index is 13.7. The minimum Gasteiger partial charge on any atom is -0.348 e. The fourth-order valence-electron chi connectivity index (χ4n) is 3.32. The summed E-state index contributed by atoms with van der Waals surface area (Å²) < 4.78 is 13.7. The van der Waals surface area contributed by atoms with Gasteiger partial charge in [-0.1, -0.05) is 36.4 Å². The second kappa shape index (κ2) is 6.87. The average Bonchev–Trinajstić information content (AvgIpc) is 3.36. The van der Waals surface area contributed by atoms with E-state index in [-0.39, 0.29) is 18.3 Å². The molecule has 0 aliphatic carbocycles. The molecule has 29 heavy (non-hydrogen) atoms. The Hall–Kier alpha value is -4.00. The van der Waals surface area contributed by atoms with Crippen LogP contribution >= 0.6 is 0 Å². The lowest BCUT2D eigenvalue weighted by Crippen LogP contribution is -2.23. The molecule has 5 aromatic rings. The molecule has 5 rings (SSSR count). The Labute approximate surface area is 164 Å². The van der Waals surface area contributed by atoms with Crippen molar-refractivity contribution < 1.29 is 9.18 Å². The first-order valence-electron chi connectivity index (χ1n) is 9.14. The lowest BCUT2D eigenvalue weighted by molar-refractivity contribution is 0.0950. The molecule has 3 aromatic carbocycles. The molecule has 0 saturated heterocycles. The van der Waals surface area contributed by atoms with Crippen LogP contribution in [0.4, 0.5) is 4.39 Å². The number of nitrogens with zero attached hydrogens (tertiary/aromatic N) is 2. The van der Waals surface area contributed by atoms with Crippen LogP contribution in [0.1, 0.15) is 15.9 Å². The van der Waals surface area contributed by atoms with E-state index in [1.165, 1.54) is 6.07 Å². The molecule has 142 valence electrons. The summed E-state index contributed by atoms with van der Waals surface area (Å²) in [7, 11) is 0. The van der Waals surface area contributed by atoms with E-state index < -0.39 is 0 Å². The lowest BCUT2D eigenvalue weighted by Gasteiger charge is -2.06. The third-order valence-corrected chi connectivity index (χ3v) is 4.84. The monoisotopic (exact) mass is 385 g/mol. The maximum Gasteiger partial charge on any atom is 0.251 e. The first-order valence-corrected chi connectivity index (χ1v) is 9.14. The van der Waals surface area contributed by atoms with E-state index in [1.807, 2.05) is 24.3 Å². The van der Waals surface area contributed by atoms with Crippen LogP contribution in [-0.2, 0) is 6.54 Å². The van der Waals surface area contributed by atoms with E-state index in [4.69, 9.17) is 0 Å². The predicted octanol–water partition coefficient (Wildman–Crippen LogP) is 4.18. The summed E-state index contributed by atoms with van der Waals surface area (Å²) in [6.07, 6.45) is 0. The molecular weight excluding hydrogens is 369 g/mol. The van der Waals surface area contributed by atoms with Crippen LogP contribution in [0.5, 0.6) is 0 Å². The summed E-state index contributed by atoms with van der Waals surface area (Å²) in [4.78, 5) is 20.3. The Morgan fingerprint density at radius 1 is 1.00 bits per heavy atom. The van der Waals surface area contributed by atoms with Crippen LogP contribution < -0.4 is 5.32 Å². The van der Waals surface area contributed by atoms with Crippen molar-refractivity contribution in [1.82, 2.24) is 25.5 Å². The largest absolute Gasteiger partial charge is 0.348 e. The van der Waals surface area contributed by atoms with Crippen molar-refractivity contribution in [1.29, 1.82) is 0 Å². The van der Waals surface area contributed by atoms with Crippen molar-refractivity contribution >= 4 is 27.8 Å². The minimum atomic E-state index is -0.341. The van der Waals surface area contributed by atoms with Gasteiger partial charge >= 0.3 is 0 Å². The first kappa shape index (κ1) is 17.1. The molecule has 6 nitrogen and oxygen atoms in total. The van der Waals surface area contributed by atoms with Gasteiger partial charge in [-0.05, 0) is 30.3 Å². The number of carbonyl (C=O) groups is 1. The highest BCUT2D eigenvalue weighted by Gasteiger charge is 2.14. The molecule has 0 bridgehead atoms. The third-order valence-electron chi connectivity index (χ3n) is 4.84. The van der Waals surface area contributed by atoms with Gasteiger partial charge in [0.1, 0.15) is 11.5 Å². The number of imidazole rings is 1. The molecule has 2 aromatic heterocycles. The van der Waals surface area contributed by atoms with Crippen LogP contribution in [0.15, 0.2) is 66.7 Å². The number of benzene rings is 3. The van der Waals surface area contributed by atoms with Crippen molar-refractivity contribution in [2.24, 2.45) is 0 Å². The molecule has 0 fully saturated rings. The van der Waals surface area contributed by atoms with Crippen molar-refractivity contribution in [3.63, 3.8) is 0 Å². The van der Waals surface area contributed by atoms with Gasteiger partial charge < -0.3 is 10.3 Å². The Kier molecular flexibility index (Phi) is 4.05. The summed E-state index contributed by atoms with van der Waals surface area (Å²) in [5.74, 6) is -0.00212. The lowest BCUT2D eigenvalue weighted by atomic mass is 10.1. The zero-order chi connectivity index (χ0) is 19.8. The average molecular weight is 385 g/mol. The molecule has 7 heteroatoms. The Bertz CT molecular complexity index is 1350. The summed E-state index contributed by atoms with van der Waals surface area (Å²) in [6, 6.07) is 19.4. The molecular formula is C22H16FN5O. The fourth-order valence-corrected chi connectivity index (χ4v) is 3.32. The number of amides is 1. The fraction of sp³-hybridized carbons (Fsp3) is 0.0455. The maximum atomic E-state index is 13.7. The van der Waals surface area contributed by atoms with Gasteiger partial charge in [0.15, 0.2) is 5.82 Å². The number of fused-ring (bicyclic) bond motifs is 2. The molecule has 0 aliphatic heterocycles. The van der Waals surface area contributed by atoms with Crippen molar-refractivity contribution in [2.45, 2.75) is 6.54 Å². The highest BCUT2D eigenvalue weighted by molar-refractivity contribution is 5.98. The van der Waals surface area contributed by atoms with E-state index in [1.54, 1.807) is 36.4 Å². The predicted molar refractivity (Wildman–Crippen MR) is 109 cm³/mol. The molecule has 3 N–H and O–H groups in total. The molecule has 0 aliphatic rings. The van der Waals surface area contributed by atoms with E-state index in [9.17, 15) is 9.18 Å². The molecule has 1 amide bonds. The van der Waals surface area contributed by atoms with E-state index in [0.29, 0.717) is 22.5 Å². The molecule has 0 unspecified atom stereocenters. The second-order valence-corrected chi connectivity index (χ2v) is 6.71. The highest BCUT2D eigenvalue weighted by atomic mass is 19.1. The number of rotatable bonds is 4. The normalized spacial score (nSPS) is 11.2. The molecule has 2 heterocycles. The number of halogens is 1. The zero-order valence-corrected chi connectivity index (χ0v) is 15.2. The van der Waals surface area contributed by atoms with Gasteiger partial charge in [0.05, 0.1) is 16.6 Å². The van der Waals surface area contributed by atoms with Crippen LogP contribution in [0.25, 0.3) is 33.5 Å². The third kappa shape index (κ3) is 3.12. The van der Waals surface area contributed by atoms with Crippen molar-refractivity contribution in [3.8, 4) is 11.5 Å².